The van der Waals surface area contributed by atoms with Crippen LogP contribution < -0.4 is 10.5 Å². The number of nitrogens with zero attached hydrogens (tertiary/aromatic N) is 1. The van der Waals surface area contributed by atoms with E-state index in [1.807, 2.05) is 19.2 Å². The molecule has 20 heavy (non-hydrogen) atoms. The zero-order chi connectivity index (χ0) is 14.1. The molecule has 4 nitrogen and oxygen atoms in total. The summed E-state index contributed by atoms with van der Waals surface area (Å²) in [6, 6.07) is 6.57. The lowest BCUT2D eigenvalue weighted by Crippen LogP contribution is -2.33. The normalized spacial score (nSPS) is 21.2. The molecule has 3 rings (SSSR count). The van der Waals surface area contributed by atoms with Gasteiger partial charge < -0.3 is 15.4 Å². The summed E-state index contributed by atoms with van der Waals surface area (Å²) in [5.41, 5.74) is 8.63. The van der Waals surface area contributed by atoms with E-state index in [1.165, 1.54) is 11.1 Å². The molecule has 0 radical (unpaired) electrons. The molecule has 4 heteroatoms. The molecule has 2 aliphatic rings. The predicted molar refractivity (Wildman–Crippen MR) is 77.6 cm³/mol. The minimum absolute atomic E-state index is 0.0505. The third-order valence-electron chi connectivity index (χ3n) is 4.33. The van der Waals surface area contributed by atoms with E-state index in [2.05, 4.69) is 6.07 Å². The number of benzene rings is 1. The van der Waals surface area contributed by atoms with E-state index in [4.69, 9.17) is 10.5 Å². The minimum Gasteiger partial charge on any atom is -0.484 e. The summed E-state index contributed by atoms with van der Waals surface area (Å²) in [5.74, 6) is 0.799. The zero-order valence-corrected chi connectivity index (χ0v) is 12.0. The van der Waals surface area contributed by atoms with Gasteiger partial charge in [-0.05, 0) is 55.4 Å². The van der Waals surface area contributed by atoms with E-state index in [1.54, 1.807) is 4.90 Å². The molecule has 0 saturated heterocycles. The van der Waals surface area contributed by atoms with Crippen LogP contribution in [-0.2, 0) is 11.2 Å². The first-order valence-corrected chi connectivity index (χ1v) is 7.42. The molecule has 108 valence electrons. The molecule has 1 atom stereocenters. The second kappa shape index (κ2) is 5.44. The molecular formula is C16H22N2O2. The number of hydrogen-bond donors (Lipinski definition) is 1. The molecule has 1 fully saturated rings. The Morgan fingerprint density at radius 3 is 2.95 bits per heavy atom. The van der Waals surface area contributed by atoms with Crippen molar-refractivity contribution < 1.29 is 9.53 Å². The lowest BCUT2D eigenvalue weighted by molar-refractivity contribution is -0.132. The Kier molecular flexibility index (Phi) is 3.66. The number of carbonyl (C=O) groups excluding carboxylic acids is 1. The summed E-state index contributed by atoms with van der Waals surface area (Å²) in [5, 5.41) is 0. The molecule has 2 aliphatic carbocycles. The Morgan fingerprint density at radius 2 is 2.20 bits per heavy atom. The number of rotatable bonds is 4. The van der Waals surface area contributed by atoms with Crippen LogP contribution in [0.3, 0.4) is 0 Å². The summed E-state index contributed by atoms with van der Waals surface area (Å²) >= 11 is 0. The van der Waals surface area contributed by atoms with Gasteiger partial charge in [0.05, 0.1) is 0 Å². The number of ether oxygens (including phenoxy) is 1. The number of hydrogen-bond acceptors (Lipinski definition) is 3. The topological polar surface area (TPSA) is 55.6 Å². The van der Waals surface area contributed by atoms with E-state index >= 15 is 0 Å². The molecule has 1 aromatic rings. The van der Waals surface area contributed by atoms with Crippen LogP contribution in [0.15, 0.2) is 18.2 Å². The van der Waals surface area contributed by atoms with Gasteiger partial charge in [0.25, 0.3) is 5.91 Å². The number of nitrogens with two attached hydrogens (primary N) is 1. The average Bonchev–Trinajstić information content (AvgIpc) is 3.29. The Balaban J connectivity index is 1.63. The maximum Gasteiger partial charge on any atom is 0.260 e. The van der Waals surface area contributed by atoms with Gasteiger partial charge in [-0.1, -0.05) is 6.07 Å². The van der Waals surface area contributed by atoms with Gasteiger partial charge in [0.15, 0.2) is 6.61 Å². The fourth-order valence-corrected chi connectivity index (χ4v) is 2.82. The van der Waals surface area contributed by atoms with Gasteiger partial charge in [0, 0.05) is 19.1 Å². The van der Waals surface area contributed by atoms with Gasteiger partial charge in [0.2, 0.25) is 0 Å². The maximum atomic E-state index is 11.9. The Morgan fingerprint density at radius 1 is 1.40 bits per heavy atom. The summed E-state index contributed by atoms with van der Waals surface area (Å²) < 4.78 is 5.63. The lowest BCUT2D eigenvalue weighted by Gasteiger charge is -2.23. The zero-order valence-electron chi connectivity index (χ0n) is 12.0. The van der Waals surface area contributed by atoms with E-state index < -0.39 is 0 Å². The molecule has 0 heterocycles. The first kappa shape index (κ1) is 13.4. The van der Waals surface area contributed by atoms with Crippen LogP contribution in [0.25, 0.3) is 0 Å². The monoisotopic (exact) mass is 274 g/mol. The fraction of sp³-hybridized carbons (Fsp3) is 0.562. The van der Waals surface area contributed by atoms with E-state index in [0.717, 1.165) is 37.9 Å². The van der Waals surface area contributed by atoms with E-state index in [-0.39, 0.29) is 18.6 Å². The number of aryl methyl sites for hydroxylation is 1. The van der Waals surface area contributed by atoms with Gasteiger partial charge in [-0.2, -0.15) is 0 Å². The summed E-state index contributed by atoms with van der Waals surface area (Å²) in [4.78, 5) is 13.7. The highest BCUT2D eigenvalue weighted by Gasteiger charge is 2.29. The van der Waals surface area contributed by atoms with Gasteiger partial charge in [-0.15, -0.1) is 0 Å². The summed E-state index contributed by atoms with van der Waals surface area (Å²) in [6.07, 6.45) is 5.51. The Bertz CT molecular complexity index is 511. The van der Waals surface area contributed by atoms with Crippen LogP contribution in [0.5, 0.6) is 5.75 Å². The molecule has 0 aliphatic heterocycles. The average molecular weight is 274 g/mol. The van der Waals surface area contributed by atoms with Gasteiger partial charge in [-0.3, -0.25) is 4.79 Å². The van der Waals surface area contributed by atoms with Crippen molar-refractivity contribution in [3.05, 3.63) is 29.3 Å². The van der Waals surface area contributed by atoms with Crippen molar-refractivity contribution in [2.45, 2.75) is 44.2 Å². The third kappa shape index (κ3) is 2.80. The largest absolute Gasteiger partial charge is 0.484 e. The van der Waals surface area contributed by atoms with Crippen molar-refractivity contribution in [2.24, 2.45) is 5.73 Å². The molecule has 0 bridgehead atoms. The van der Waals surface area contributed by atoms with E-state index in [9.17, 15) is 4.79 Å². The predicted octanol–water partition coefficient (Wildman–Crippen LogP) is 2.02. The van der Waals surface area contributed by atoms with Crippen molar-refractivity contribution in [3.63, 3.8) is 0 Å². The number of likely N-dealkylation sites (N-methyl/N-ethyl adjacent to an activating group) is 1. The molecular weight excluding hydrogens is 252 g/mol. The van der Waals surface area contributed by atoms with Gasteiger partial charge in [0.1, 0.15) is 5.75 Å². The molecule has 0 unspecified atom stereocenters. The van der Waals surface area contributed by atoms with Gasteiger partial charge >= 0.3 is 0 Å². The van der Waals surface area contributed by atoms with Crippen molar-refractivity contribution in [1.82, 2.24) is 4.90 Å². The first-order valence-electron chi connectivity index (χ1n) is 7.42. The summed E-state index contributed by atoms with van der Waals surface area (Å²) in [6.45, 7) is 0.112. The second-order valence-corrected chi connectivity index (χ2v) is 5.88. The number of amides is 1. The SMILES string of the molecule is CN(C(=O)COc1ccc2c(c1)[C@H](N)CCC2)C1CC1. The highest BCUT2D eigenvalue weighted by Crippen LogP contribution is 2.31. The van der Waals surface area contributed by atoms with Crippen LogP contribution in [0, 0.1) is 0 Å². The molecule has 1 saturated carbocycles. The second-order valence-electron chi connectivity index (χ2n) is 5.88. The Hall–Kier alpha value is -1.55. The van der Waals surface area contributed by atoms with Gasteiger partial charge in [-0.25, -0.2) is 0 Å². The first-order chi connectivity index (χ1) is 9.65. The van der Waals surface area contributed by atoms with Crippen LogP contribution in [0.1, 0.15) is 42.9 Å². The molecule has 1 amide bonds. The van der Waals surface area contributed by atoms with Crippen molar-refractivity contribution in [3.8, 4) is 5.75 Å². The highest BCUT2D eigenvalue weighted by molar-refractivity contribution is 5.78. The van der Waals surface area contributed by atoms with Crippen LogP contribution >= 0.6 is 0 Å². The highest BCUT2D eigenvalue weighted by atomic mass is 16.5. The van der Waals surface area contributed by atoms with Crippen molar-refractivity contribution >= 4 is 5.91 Å². The molecule has 0 spiro atoms. The Labute approximate surface area is 119 Å². The van der Waals surface area contributed by atoms with Crippen molar-refractivity contribution in [1.29, 1.82) is 0 Å². The van der Waals surface area contributed by atoms with Crippen LogP contribution in [-0.4, -0.2) is 30.5 Å². The quantitative estimate of drug-likeness (QED) is 0.914. The molecule has 0 aromatic heterocycles. The smallest absolute Gasteiger partial charge is 0.260 e. The van der Waals surface area contributed by atoms with Crippen molar-refractivity contribution in [2.75, 3.05) is 13.7 Å². The molecule has 2 N–H and O–H groups in total. The maximum absolute atomic E-state index is 11.9. The minimum atomic E-state index is 0.0505. The van der Waals surface area contributed by atoms with E-state index in [0.29, 0.717) is 6.04 Å². The third-order valence-corrected chi connectivity index (χ3v) is 4.33. The molecule has 1 aromatic carbocycles. The van der Waals surface area contributed by atoms with Crippen LogP contribution in [0.4, 0.5) is 0 Å². The van der Waals surface area contributed by atoms with Crippen LogP contribution in [0.2, 0.25) is 0 Å². The standard InChI is InChI=1S/C16H22N2O2/c1-18(12-6-7-12)16(19)10-20-13-8-5-11-3-2-4-15(17)14(11)9-13/h5,8-9,12,15H,2-4,6-7,10,17H2,1H3/t15-/m1/s1. The number of fused-ring (bicyclic) bond motifs is 1. The lowest BCUT2D eigenvalue weighted by atomic mass is 9.88. The summed E-state index contributed by atoms with van der Waals surface area (Å²) in [7, 11) is 1.85. The fourth-order valence-electron chi connectivity index (χ4n) is 2.82. The number of carbonyl (C=O) groups is 1.